The summed E-state index contributed by atoms with van der Waals surface area (Å²) in [6, 6.07) is 19.1. The summed E-state index contributed by atoms with van der Waals surface area (Å²) >= 11 is 6.11. The SMILES string of the molecule is COc1ccc(Oc2ccc(Cl)cc2NC(=O)CCn2cnc3ccccc3c2=O)cc1. The van der Waals surface area contributed by atoms with Crippen LogP contribution in [0.25, 0.3) is 10.9 Å². The van der Waals surface area contributed by atoms with Crippen LogP contribution >= 0.6 is 11.6 Å². The third-order valence-electron chi connectivity index (χ3n) is 4.81. The second-order valence-electron chi connectivity index (χ2n) is 6.98. The maximum Gasteiger partial charge on any atom is 0.261 e. The van der Waals surface area contributed by atoms with Crippen LogP contribution in [0.2, 0.25) is 5.02 Å². The van der Waals surface area contributed by atoms with Crippen molar-refractivity contribution in [1.82, 2.24) is 9.55 Å². The van der Waals surface area contributed by atoms with Crippen molar-refractivity contribution in [3.8, 4) is 17.2 Å². The van der Waals surface area contributed by atoms with Gasteiger partial charge in [0, 0.05) is 18.0 Å². The largest absolute Gasteiger partial charge is 0.497 e. The molecule has 32 heavy (non-hydrogen) atoms. The minimum Gasteiger partial charge on any atom is -0.497 e. The fourth-order valence-corrected chi connectivity index (χ4v) is 3.33. The number of benzene rings is 3. The van der Waals surface area contributed by atoms with E-state index in [9.17, 15) is 9.59 Å². The number of aromatic nitrogens is 2. The van der Waals surface area contributed by atoms with E-state index in [2.05, 4.69) is 10.3 Å². The fourth-order valence-electron chi connectivity index (χ4n) is 3.16. The Morgan fingerprint density at radius 3 is 2.59 bits per heavy atom. The summed E-state index contributed by atoms with van der Waals surface area (Å²) in [7, 11) is 1.59. The molecule has 0 fully saturated rings. The molecular weight excluding hydrogens is 430 g/mol. The van der Waals surface area contributed by atoms with Crippen molar-refractivity contribution < 1.29 is 14.3 Å². The molecule has 0 atom stereocenters. The number of aryl methyl sites for hydroxylation is 1. The number of nitrogens with one attached hydrogen (secondary N) is 1. The van der Waals surface area contributed by atoms with E-state index in [1.807, 2.05) is 6.07 Å². The number of hydrogen-bond acceptors (Lipinski definition) is 5. The molecule has 4 rings (SSSR count). The van der Waals surface area contributed by atoms with Gasteiger partial charge in [-0.05, 0) is 54.6 Å². The van der Waals surface area contributed by atoms with E-state index in [0.29, 0.717) is 38.9 Å². The molecule has 162 valence electrons. The van der Waals surface area contributed by atoms with Crippen molar-refractivity contribution in [3.63, 3.8) is 0 Å². The van der Waals surface area contributed by atoms with Crippen LogP contribution in [-0.4, -0.2) is 22.6 Å². The molecule has 1 N–H and O–H groups in total. The molecule has 0 spiro atoms. The Hall–Kier alpha value is -3.84. The van der Waals surface area contributed by atoms with Gasteiger partial charge >= 0.3 is 0 Å². The quantitative estimate of drug-likeness (QED) is 0.435. The van der Waals surface area contributed by atoms with Gasteiger partial charge in [0.25, 0.3) is 5.56 Å². The smallest absolute Gasteiger partial charge is 0.261 e. The Morgan fingerprint density at radius 2 is 1.81 bits per heavy atom. The predicted octanol–water partition coefficient (Wildman–Crippen LogP) is 4.88. The molecule has 0 unspecified atom stereocenters. The number of ether oxygens (including phenoxy) is 2. The minimum absolute atomic E-state index is 0.0778. The van der Waals surface area contributed by atoms with Gasteiger partial charge in [0.05, 0.1) is 30.0 Å². The summed E-state index contributed by atoms with van der Waals surface area (Å²) in [6.07, 6.45) is 1.53. The molecule has 7 nitrogen and oxygen atoms in total. The summed E-state index contributed by atoms with van der Waals surface area (Å²) in [5.74, 6) is 1.45. The normalized spacial score (nSPS) is 10.7. The molecule has 0 bridgehead atoms. The molecule has 8 heteroatoms. The Morgan fingerprint density at radius 1 is 1.06 bits per heavy atom. The lowest BCUT2D eigenvalue weighted by molar-refractivity contribution is -0.116. The zero-order chi connectivity index (χ0) is 22.5. The van der Waals surface area contributed by atoms with E-state index in [4.69, 9.17) is 21.1 Å². The number of halogens is 1. The first-order chi connectivity index (χ1) is 15.5. The topological polar surface area (TPSA) is 82.4 Å². The van der Waals surface area contributed by atoms with Crippen LogP contribution < -0.4 is 20.3 Å². The van der Waals surface area contributed by atoms with Crippen molar-refractivity contribution in [2.45, 2.75) is 13.0 Å². The van der Waals surface area contributed by atoms with E-state index < -0.39 is 0 Å². The number of nitrogens with zero attached hydrogens (tertiary/aromatic N) is 2. The van der Waals surface area contributed by atoms with E-state index >= 15 is 0 Å². The average molecular weight is 450 g/mol. The number of methoxy groups -OCH3 is 1. The van der Waals surface area contributed by atoms with Crippen molar-refractivity contribution in [1.29, 1.82) is 0 Å². The van der Waals surface area contributed by atoms with E-state index in [1.165, 1.54) is 10.9 Å². The molecule has 0 radical (unpaired) electrons. The third-order valence-corrected chi connectivity index (χ3v) is 5.05. The molecule has 0 saturated heterocycles. The van der Waals surface area contributed by atoms with E-state index in [0.717, 1.165) is 0 Å². The number of rotatable bonds is 7. The number of carbonyl (C=O) groups excluding carboxylic acids is 1. The van der Waals surface area contributed by atoms with Crippen LogP contribution in [0.5, 0.6) is 17.2 Å². The van der Waals surface area contributed by atoms with Gasteiger partial charge in [-0.25, -0.2) is 4.98 Å². The number of amides is 1. The monoisotopic (exact) mass is 449 g/mol. The maximum atomic E-state index is 12.6. The Bertz CT molecular complexity index is 1320. The van der Waals surface area contributed by atoms with Crippen LogP contribution in [0, 0.1) is 0 Å². The van der Waals surface area contributed by atoms with E-state index in [1.54, 1.807) is 67.8 Å². The number of para-hydroxylation sites is 1. The van der Waals surface area contributed by atoms with Gasteiger partial charge in [0.2, 0.25) is 5.91 Å². The highest BCUT2D eigenvalue weighted by molar-refractivity contribution is 6.31. The van der Waals surface area contributed by atoms with Crippen LogP contribution in [0.15, 0.2) is 77.9 Å². The standard InChI is InChI=1S/C24H20ClN3O4/c1-31-17-7-9-18(10-8-17)32-22-11-6-16(25)14-21(22)27-23(29)12-13-28-15-26-20-5-3-2-4-19(20)24(28)30/h2-11,14-15H,12-13H2,1H3,(H,27,29). The highest BCUT2D eigenvalue weighted by Crippen LogP contribution is 2.32. The van der Waals surface area contributed by atoms with Gasteiger partial charge in [0.15, 0.2) is 5.75 Å². The highest BCUT2D eigenvalue weighted by Gasteiger charge is 2.12. The maximum absolute atomic E-state index is 12.6. The van der Waals surface area contributed by atoms with Crippen molar-refractivity contribution in [2.24, 2.45) is 0 Å². The van der Waals surface area contributed by atoms with Crippen LogP contribution in [0.3, 0.4) is 0 Å². The number of hydrogen-bond donors (Lipinski definition) is 1. The summed E-state index contributed by atoms with van der Waals surface area (Å²) in [5, 5.41) is 3.78. The van der Waals surface area contributed by atoms with Crippen molar-refractivity contribution >= 4 is 34.1 Å². The second kappa shape index (κ2) is 9.53. The van der Waals surface area contributed by atoms with Crippen LogP contribution in [-0.2, 0) is 11.3 Å². The van der Waals surface area contributed by atoms with Crippen molar-refractivity contribution in [3.05, 3.63) is 88.4 Å². The first kappa shape index (κ1) is 21.4. The van der Waals surface area contributed by atoms with Gasteiger partial charge in [-0.2, -0.15) is 0 Å². The van der Waals surface area contributed by atoms with Gasteiger partial charge in [-0.3, -0.25) is 14.2 Å². The Labute approximate surface area is 189 Å². The minimum atomic E-state index is -0.285. The first-order valence-electron chi connectivity index (χ1n) is 9.89. The lowest BCUT2D eigenvalue weighted by atomic mass is 10.2. The molecular formula is C24H20ClN3O4. The molecule has 0 aliphatic rings. The molecule has 0 aliphatic carbocycles. The molecule has 1 heterocycles. The van der Waals surface area contributed by atoms with Gasteiger partial charge in [-0.1, -0.05) is 23.7 Å². The number of carbonyl (C=O) groups is 1. The van der Waals surface area contributed by atoms with Crippen LogP contribution in [0.1, 0.15) is 6.42 Å². The highest BCUT2D eigenvalue weighted by atomic mass is 35.5. The van der Waals surface area contributed by atoms with Gasteiger partial charge < -0.3 is 14.8 Å². The molecule has 1 aromatic heterocycles. The Kier molecular flexibility index (Phi) is 6.37. The summed E-state index contributed by atoms with van der Waals surface area (Å²) < 4.78 is 12.5. The molecule has 4 aromatic rings. The fraction of sp³-hybridized carbons (Fsp3) is 0.125. The lowest BCUT2D eigenvalue weighted by Gasteiger charge is -2.13. The Balaban J connectivity index is 1.46. The molecule has 3 aromatic carbocycles. The van der Waals surface area contributed by atoms with Gasteiger partial charge in [0.1, 0.15) is 11.5 Å². The summed E-state index contributed by atoms with van der Waals surface area (Å²) in [5.41, 5.74) is 0.870. The molecule has 0 saturated carbocycles. The summed E-state index contributed by atoms with van der Waals surface area (Å²) in [4.78, 5) is 29.5. The lowest BCUT2D eigenvalue weighted by Crippen LogP contribution is -2.23. The number of fused-ring (bicyclic) bond motifs is 1. The summed E-state index contributed by atoms with van der Waals surface area (Å²) in [6.45, 7) is 0.192. The third kappa shape index (κ3) is 4.90. The van der Waals surface area contributed by atoms with Crippen LogP contribution in [0.4, 0.5) is 5.69 Å². The predicted molar refractivity (Wildman–Crippen MR) is 124 cm³/mol. The number of anilines is 1. The van der Waals surface area contributed by atoms with E-state index in [-0.39, 0.29) is 24.4 Å². The zero-order valence-electron chi connectivity index (χ0n) is 17.2. The van der Waals surface area contributed by atoms with Crippen molar-refractivity contribution in [2.75, 3.05) is 12.4 Å². The molecule has 0 aliphatic heterocycles. The average Bonchev–Trinajstić information content (AvgIpc) is 2.81. The first-order valence-corrected chi connectivity index (χ1v) is 10.3. The van der Waals surface area contributed by atoms with Gasteiger partial charge in [-0.15, -0.1) is 0 Å². The zero-order valence-corrected chi connectivity index (χ0v) is 18.0. The molecule has 1 amide bonds. The second-order valence-corrected chi connectivity index (χ2v) is 7.41.